The van der Waals surface area contributed by atoms with Crippen LogP contribution in [0.4, 0.5) is 0 Å². The summed E-state index contributed by atoms with van der Waals surface area (Å²) in [5.74, 6) is -1.02. The molecule has 1 rings (SSSR count). The topological polar surface area (TPSA) is 54.4 Å². The van der Waals surface area contributed by atoms with Crippen LogP contribution in [0.25, 0.3) is 0 Å². The number of carbonyl (C=O) groups excluding carboxylic acids is 2. The zero-order valence-corrected chi connectivity index (χ0v) is 7.70. The minimum atomic E-state index is -0.951. The van der Waals surface area contributed by atoms with E-state index in [1.54, 1.807) is 19.9 Å². The summed E-state index contributed by atoms with van der Waals surface area (Å²) >= 11 is 0. The van der Waals surface area contributed by atoms with Crippen LogP contribution in [-0.4, -0.2) is 22.3 Å². The number of hydrogen-bond donors (Lipinski definition) is 1. The lowest BCUT2D eigenvalue weighted by molar-refractivity contribution is -0.132. The van der Waals surface area contributed by atoms with Gasteiger partial charge in [0.05, 0.1) is 5.60 Å². The van der Waals surface area contributed by atoms with Crippen molar-refractivity contribution in [2.24, 2.45) is 0 Å². The molecule has 0 spiro atoms. The van der Waals surface area contributed by atoms with E-state index < -0.39 is 17.2 Å². The summed E-state index contributed by atoms with van der Waals surface area (Å²) in [4.78, 5) is 22.2. The fourth-order valence-electron chi connectivity index (χ4n) is 1.17. The van der Waals surface area contributed by atoms with Crippen molar-refractivity contribution in [1.29, 1.82) is 0 Å². The molecule has 0 aliphatic heterocycles. The van der Waals surface area contributed by atoms with Gasteiger partial charge in [-0.2, -0.15) is 0 Å². The van der Waals surface area contributed by atoms with Gasteiger partial charge in [-0.3, -0.25) is 9.59 Å². The molecule has 1 N–H and O–H groups in total. The normalized spacial score (nSPS) is 17.6. The molecule has 0 heterocycles. The van der Waals surface area contributed by atoms with Crippen LogP contribution in [0.1, 0.15) is 20.3 Å². The van der Waals surface area contributed by atoms with Gasteiger partial charge >= 0.3 is 0 Å². The lowest BCUT2D eigenvalue weighted by Gasteiger charge is -2.18. The molecule has 0 aromatic rings. The Labute approximate surface area is 76.8 Å². The van der Waals surface area contributed by atoms with Crippen molar-refractivity contribution in [2.75, 3.05) is 0 Å². The fraction of sp³-hybridized carbons (Fsp3) is 0.400. The molecule has 0 atom stereocenters. The second-order valence-corrected chi connectivity index (χ2v) is 3.73. The molecule has 13 heavy (non-hydrogen) atoms. The number of Topliss-reactive ketones (excluding diaryl/α,β-unsaturated/α-hetero) is 1. The third-order valence-electron chi connectivity index (χ3n) is 1.68. The van der Waals surface area contributed by atoms with E-state index in [1.165, 1.54) is 12.2 Å². The van der Waals surface area contributed by atoms with Crippen molar-refractivity contribution in [3.63, 3.8) is 0 Å². The zero-order chi connectivity index (χ0) is 10.1. The van der Waals surface area contributed by atoms with Crippen molar-refractivity contribution >= 4 is 11.6 Å². The van der Waals surface area contributed by atoms with Crippen LogP contribution in [0.15, 0.2) is 23.8 Å². The summed E-state index contributed by atoms with van der Waals surface area (Å²) < 4.78 is 0. The molecule has 0 aromatic carbocycles. The third-order valence-corrected chi connectivity index (χ3v) is 1.68. The first-order valence-corrected chi connectivity index (χ1v) is 4.08. The van der Waals surface area contributed by atoms with Crippen LogP contribution < -0.4 is 0 Å². The number of aliphatic hydroxyl groups is 1. The minimum Gasteiger partial charge on any atom is -0.390 e. The molecule has 0 saturated heterocycles. The van der Waals surface area contributed by atoms with E-state index in [0.29, 0.717) is 5.57 Å². The molecule has 0 radical (unpaired) electrons. The Hall–Kier alpha value is -1.22. The van der Waals surface area contributed by atoms with E-state index in [-0.39, 0.29) is 6.42 Å². The molecule has 3 nitrogen and oxygen atoms in total. The van der Waals surface area contributed by atoms with Gasteiger partial charge in [0.25, 0.3) is 0 Å². The van der Waals surface area contributed by atoms with Gasteiger partial charge < -0.3 is 5.11 Å². The summed E-state index contributed by atoms with van der Waals surface area (Å²) in [6.07, 6.45) is 4.55. The van der Waals surface area contributed by atoms with Crippen LogP contribution in [0.3, 0.4) is 0 Å². The number of carbonyl (C=O) groups is 2. The van der Waals surface area contributed by atoms with Crippen molar-refractivity contribution in [1.82, 2.24) is 0 Å². The summed E-state index contributed by atoms with van der Waals surface area (Å²) in [5.41, 5.74) is -0.576. The molecule has 3 heteroatoms. The van der Waals surface area contributed by atoms with Gasteiger partial charge in [-0.25, -0.2) is 0 Å². The highest BCUT2D eigenvalue weighted by molar-refractivity contribution is 6.48. The zero-order valence-electron chi connectivity index (χ0n) is 7.70. The first-order chi connectivity index (χ1) is 5.90. The average Bonchev–Trinajstić information content (AvgIpc) is 1.96. The molecular formula is C10H12O3. The number of allylic oxidation sites excluding steroid dienone is 3. The highest BCUT2D eigenvalue weighted by Gasteiger charge is 2.24. The average molecular weight is 180 g/mol. The van der Waals surface area contributed by atoms with Crippen LogP contribution in [0, 0.1) is 0 Å². The van der Waals surface area contributed by atoms with Gasteiger partial charge in [0.2, 0.25) is 11.6 Å². The molecule has 0 fully saturated rings. The van der Waals surface area contributed by atoms with E-state index in [0.717, 1.165) is 0 Å². The highest BCUT2D eigenvalue weighted by atomic mass is 16.3. The Kier molecular flexibility index (Phi) is 2.48. The first kappa shape index (κ1) is 9.86. The molecule has 0 saturated carbocycles. The first-order valence-electron chi connectivity index (χ1n) is 4.08. The molecule has 0 unspecified atom stereocenters. The van der Waals surface area contributed by atoms with Gasteiger partial charge in [-0.15, -0.1) is 0 Å². The van der Waals surface area contributed by atoms with Crippen molar-refractivity contribution < 1.29 is 14.7 Å². The molecule has 0 bridgehead atoms. The highest BCUT2D eigenvalue weighted by Crippen LogP contribution is 2.18. The second kappa shape index (κ2) is 3.26. The maximum absolute atomic E-state index is 11.2. The molecule has 0 amide bonds. The van der Waals surface area contributed by atoms with E-state index in [2.05, 4.69) is 0 Å². The van der Waals surface area contributed by atoms with Crippen molar-refractivity contribution in [2.45, 2.75) is 25.9 Å². The van der Waals surface area contributed by atoms with Crippen molar-refractivity contribution in [3.05, 3.63) is 23.8 Å². The Bertz CT molecular complexity index is 303. The third kappa shape index (κ3) is 2.63. The molecule has 70 valence electrons. The summed E-state index contributed by atoms with van der Waals surface area (Å²) in [6, 6.07) is 0. The minimum absolute atomic E-state index is 0.210. The summed E-state index contributed by atoms with van der Waals surface area (Å²) in [6.45, 7) is 3.20. The lowest BCUT2D eigenvalue weighted by Crippen LogP contribution is -2.25. The van der Waals surface area contributed by atoms with Gasteiger partial charge in [-0.1, -0.05) is 12.2 Å². The van der Waals surface area contributed by atoms with E-state index in [9.17, 15) is 14.7 Å². The van der Waals surface area contributed by atoms with E-state index >= 15 is 0 Å². The quantitative estimate of drug-likeness (QED) is 0.504. The monoisotopic (exact) mass is 180 g/mol. The number of rotatable bonds is 2. The van der Waals surface area contributed by atoms with Crippen LogP contribution in [0.2, 0.25) is 0 Å². The largest absolute Gasteiger partial charge is 0.390 e. The maximum Gasteiger partial charge on any atom is 0.228 e. The molecule has 1 aliphatic rings. The van der Waals surface area contributed by atoms with Gasteiger partial charge in [0.15, 0.2) is 0 Å². The Balaban J connectivity index is 2.81. The summed E-state index contributed by atoms with van der Waals surface area (Å²) in [7, 11) is 0. The molecule has 0 aromatic heterocycles. The Morgan fingerprint density at radius 1 is 1.38 bits per heavy atom. The molecule has 1 aliphatic carbocycles. The van der Waals surface area contributed by atoms with Crippen LogP contribution in [-0.2, 0) is 9.59 Å². The van der Waals surface area contributed by atoms with Crippen LogP contribution >= 0.6 is 0 Å². The molecular weight excluding hydrogens is 168 g/mol. The Morgan fingerprint density at radius 3 is 2.54 bits per heavy atom. The SMILES string of the molecule is CC(C)(O)CC1=CC=CC(=O)C1=O. The predicted molar refractivity (Wildman–Crippen MR) is 48.2 cm³/mol. The Morgan fingerprint density at radius 2 is 2.00 bits per heavy atom. The summed E-state index contributed by atoms with van der Waals surface area (Å²) in [5, 5.41) is 9.45. The van der Waals surface area contributed by atoms with Crippen molar-refractivity contribution in [3.8, 4) is 0 Å². The fourth-order valence-corrected chi connectivity index (χ4v) is 1.17. The lowest BCUT2D eigenvalue weighted by atomic mass is 9.92. The van der Waals surface area contributed by atoms with Gasteiger partial charge in [0, 0.05) is 12.0 Å². The second-order valence-electron chi connectivity index (χ2n) is 3.73. The van der Waals surface area contributed by atoms with Gasteiger partial charge in [-0.05, 0) is 19.9 Å². The van der Waals surface area contributed by atoms with Crippen LogP contribution in [0.5, 0.6) is 0 Å². The predicted octanol–water partition coefficient (Wildman–Crippen LogP) is 0.782. The number of ketones is 2. The van der Waals surface area contributed by atoms with E-state index in [1.807, 2.05) is 0 Å². The standard InChI is InChI=1S/C10H12O3/c1-10(2,13)6-7-4-3-5-8(11)9(7)12/h3-5,13H,6H2,1-2H3. The van der Waals surface area contributed by atoms with Gasteiger partial charge in [0.1, 0.15) is 0 Å². The van der Waals surface area contributed by atoms with E-state index in [4.69, 9.17) is 0 Å². The smallest absolute Gasteiger partial charge is 0.228 e. The number of hydrogen-bond acceptors (Lipinski definition) is 3. The maximum atomic E-state index is 11.2.